The highest BCUT2D eigenvalue weighted by atomic mass is 16.3. The molecule has 2 aromatic heterocycles. The van der Waals surface area contributed by atoms with Gasteiger partial charge in [0.1, 0.15) is 23.7 Å². The van der Waals surface area contributed by atoms with Crippen LogP contribution in [0.2, 0.25) is 0 Å². The van der Waals surface area contributed by atoms with Crippen molar-refractivity contribution in [2.24, 2.45) is 5.92 Å². The van der Waals surface area contributed by atoms with Crippen molar-refractivity contribution in [2.45, 2.75) is 26.3 Å². The molecule has 2 amide bonds. The van der Waals surface area contributed by atoms with Crippen LogP contribution in [0.5, 0.6) is 0 Å². The molecule has 1 aromatic carbocycles. The van der Waals surface area contributed by atoms with Crippen LogP contribution in [0.3, 0.4) is 0 Å². The summed E-state index contributed by atoms with van der Waals surface area (Å²) in [5.74, 6) is 1.05. The Morgan fingerprint density at radius 3 is 2.97 bits per heavy atom. The number of likely N-dealkylation sites (N-methyl/N-ethyl adjacent to an activating group) is 1. The highest BCUT2D eigenvalue weighted by Gasteiger charge is 2.27. The van der Waals surface area contributed by atoms with Gasteiger partial charge < -0.3 is 14.6 Å². The lowest BCUT2D eigenvalue weighted by atomic mass is 9.92. The third kappa shape index (κ3) is 4.36. The number of para-hydroxylation sites is 1. The number of benzene rings is 1. The van der Waals surface area contributed by atoms with Crippen molar-refractivity contribution in [1.29, 1.82) is 0 Å². The van der Waals surface area contributed by atoms with Gasteiger partial charge in [-0.05, 0) is 42.7 Å². The van der Waals surface area contributed by atoms with Gasteiger partial charge in [-0.3, -0.25) is 9.59 Å². The number of furan rings is 1. The summed E-state index contributed by atoms with van der Waals surface area (Å²) in [7, 11) is 1.75. The van der Waals surface area contributed by atoms with E-state index in [0.29, 0.717) is 31.7 Å². The number of nitrogens with two attached hydrogens (primary N) is 1. The van der Waals surface area contributed by atoms with E-state index in [-0.39, 0.29) is 17.7 Å². The molecule has 31 heavy (non-hydrogen) atoms. The summed E-state index contributed by atoms with van der Waals surface area (Å²) >= 11 is 0. The molecule has 0 fully saturated rings. The maximum Gasteiger partial charge on any atom is 0.246 e. The van der Waals surface area contributed by atoms with Crippen molar-refractivity contribution in [1.82, 2.24) is 9.88 Å². The number of aryl methyl sites for hydroxylation is 1. The van der Waals surface area contributed by atoms with Crippen molar-refractivity contribution in [3.63, 3.8) is 0 Å². The van der Waals surface area contributed by atoms with Gasteiger partial charge in [-0.15, -0.1) is 0 Å². The standard InChI is InChI=1S/C24H26N4O3/c1-15-19-5-3-4-6-20(19)31-21(15)14-28(2)22(29)8-7-16-11-18-12-17(9-10-25)24(30)27-23(18)26-13-16/h3-8,11,13,17H,9-10,12,14,25H2,1-2H3,(H,26,27,30)/q+1/b8-7+. The van der Waals surface area contributed by atoms with Crippen molar-refractivity contribution >= 4 is 34.7 Å². The molecule has 1 atom stereocenters. The van der Waals surface area contributed by atoms with Crippen LogP contribution in [-0.4, -0.2) is 35.3 Å². The second kappa shape index (κ2) is 8.73. The Bertz CT molecular complexity index is 1160. The topological polar surface area (TPSA) is 101 Å². The molecular formula is C24H26N4O3+. The van der Waals surface area contributed by atoms with Crippen molar-refractivity contribution in [3.8, 4) is 0 Å². The first-order valence-electron chi connectivity index (χ1n) is 10.4. The van der Waals surface area contributed by atoms with E-state index < -0.39 is 0 Å². The highest BCUT2D eigenvalue weighted by Crippen LogP contribution is 2.27. The third-order valence-corrected chi connectivity index (χ3v) is 5.70. The van der Waals surface area contributed by atoms with Gasteiger partial charge in [0.05, 0.1) is 6.54 Å². The van der Waals surface area contributed by atoms with Gasteiger partial charge in [0, 0.05) is 42.6 Å². The van der Waals surface area contributed by atoms with Gasteiger partial charge in [0.15, 0.2) is 0 Å². The lowest BCUT2D eigenvalue weighted by Gasteiger charge is -2.22. The predicted octanol–water partition coefficient (Wildman–Crippen LogP) is 2.34. The maximum atomic E-state index is 12.6. The lowest BCUT2D eigenvalue weighted by Crippen LogP contribution is -2.52. The predicted molar refractivity (Wildman–Crippen MR) is 118 cm³/mol. The smallest absolute Gasteiger partial charge is 0.246 e. The van der Waals surface area contributed by atoms with Gasteiger partial charge in [-0.1, -0.05) is 18.2 Å². The van der Waals surface area contributed by atoms with E-state index in [0.717, 1.165) is 33.4 Å². The Labute approximate surface area is 180 Å². The largest absolute Gasteiger partial charge is 0.459 e. The Morgan fingerprint density at radius 1 is 1.39 bits per heavy atom. The average molecular weight is 418 g/mol. The quantitative estimate of drug-likeness (QED) is 0.600. The molecule has 0 bridgehead atoms. The zero-order valence-electron chi connectivity index (χ0n) is 17.7. The average Bonchev–Trinajstić information content (AvgIpc) is 3.08. The fraction of sp³-hybridized carbons (Fsp3) is 0.292. The minimum atomic E-state index is -0.140. The zero-order chi connectivity index (χ0) is 22.0. The molecule has 1 aliphatic rings. The van der Waals surface area contributed by atoms with Crippen molar-refractivity contribution in [2.75, 3.05) is 18.9 Å². The molecular weight excluding hydrogens is 392 g/mol. The molecule has 7 heteroatoms. The molecule has 3 aromatic rings. The van der Waals surface area contributed by atoms with Crippen LogP contribution in [0.15, 0.2) is 47.0 Å². The highest BCUT2D eigenvalue weighted by molar-refractivity contribution is 5.95. The van der Waals surface area contributed by atoms with Gasteiger partial charge in [-0.2, -0.15) is 5.73 Å². The molecule has 3 heterocycles. The summed E-state index contributed by atoms with van der Waals surface area (Å²) in [5, 5.41) is 3.90. The second-order valence-electron chi connectivity index (χ2n) is 7.92. The molecule has 0 aliphatic carbocycles. The Morgan fingerprint density at radius 2 is 2.19 bits per heavy atom. The van der Waals surface area contributed by atoms with Gasteiger partial charge in [0.25, 0.3) is 0 Å². The van der Waals surface area contributed by atoms with E-state index in [1.807, 2.05) is 37.3 Å². The number of carbonyl (C=O) groups is 2. The van der Waals surface area contributed by atoms with E-state index >= 15 is 0 Å². The minimum Gasteiger partial charge on any atom is -0.459 e. The molecule has 4 rings (SSSR count). The number of carbonyl (C=O) groups excluding carboxylic acids is 2. The molecule has 0 saturated heterocycles. The van der Waals surface area contributed by atoms with E-state index in [9.17, 15) is 9.59 Å². The monoisotopic (exact) mass is 418 g/mol. The normalized spacial score (nSPS) is 15.8. The molecule has 0 saturated carbocycles. The maximum absolute atomic E-state index is 12.6. The van der Waals surface area contributed by atoms with E-state index in [1.54, 1.807) is 24.2 Å². The summed E-state index contributed by atoms with van der Waals surface area (Å²) in [6, 6.07) is 9.81. The number of rotatable bonds is 6. The summed E-state index contributed by atoms with van der Waals surface area (Å²) in [5.41, 5.74) is 9.25. The van der Waals surface area contributed by atoms with Crippen LogP contribution >= 0.6 is 0 Å². The fourth-order valence-electron chi connectivity index (χ4n) is 3.86. The Hall–Kier alpha value is -3.45. The van der Waals surface area contributed by atoms with Crippen molar-refractivity contribution < 1.29 is 19.7 Å². The number of aromatic nitrogens is 1. The zero-order valence-corrected chi connectivity index (χ0v) is 17.7. The van der Waals surface area contributed by atoms with E-state index in [1.165, 1.54) is 6.08 Å². The molecule has 7 nitrogen and oxygen atoms in total. The number of anilines is 1. The van der Waals surface area contributed by atoms with E-state index in [2.05, 4.69) is 10.3 Å². The molecule has 1 radical (unpaired) electrons. The summed E-state index contributed by atoms with van der Waals surface area (Å²) in [6.07, 6.45) is 6.16. The molecule has 0 spiro atoms. The van der Waals surface area contributed by atoms with Crippen LogP contribution in [0.25, 0.3) is 17.0 Å². The molecule has 1 unspecified atom stereocenters. The van der Waals surface area contributed by atoms with Crippen LogP contribution in [0.1, 0.15) is 28.9 Å². The molecule has 159 valence electrons. The first-order valence-corrected chi connectivity index (χ1v) is 10.4. The van der Waals surface area contributed by atoms with Crippen LogP contribution in [0, 0.1) is 12.8 Å². The number of amides is 2. The van der Waals surface area contributed by atoms with Crippen LogP contribution in [0.4, 0.5) is 5.82 Å². The summed E-state index contributed by atoms with van der Waals surface area (Å²) in [6.45, 7) is 2.86. The number of hydrogen-bond donors (Lipinski definition) is 2. The summed E-state index contributed by atoms with van der Waals surface area (Å²) in [4.78, 5) is 30.6. The number of hydrogen-bond acceptors (Lipinski definition) is 5. The SMILES string of the molecule is Cc1c(CN(C)C(=O)/C=C/c2cnc3c(c2)CC(CC[NH2+])C(=O)N3)oc2ccccc12. The fourth-order valence-corrected chi connectivity index (χ4v) is 3.86. The van der Waals surface area contributed by atoms with Gasteiger partial charge >= 0.3 is 0 Å². The van der Waals surface area contributed by atoms with E-state index in [4.69, 9.17) is 10.2 Å². The molecule has 1 aliphatic heterocycles. The third-order valence-electron chi connectivity index (χ3n) is 5.70. The number of nitrogens with zero attached hydrogens (tertiary/aromatic N) is 2. The number of pyridine rings is 1. The van der Waals surface area contributed by atoms with Crippen LogP contribution in [-0.2, 0) is 22.6 Å². The second-order valence-corrected chi connectivity index (χ2v) is 7.92. The molecule has 3 N–H and O–H groups in total. The minimum absolute atomic E-state index is 0.0357. The van der Waals surface area contributed by atoms with Gasteiger partial charge in [-0.25, -0.2) is 4.98 Å². The van der Waals surface area contributed by atoms with Gasteiger partial charge in [0.2, 0.25) is 11.8 Å². The number of fused-ring (bicyclic) bond motifs is 2. The Balaban J connectivity index is 1.44. The first-order chi connectivity index (χ1) is 15.0. The Kier molecular flexibility index (Phi) is 5.86. The lowest BCUT2D eigenvalue weighted by molar-refractivity contribution is -0.369. The number of nitrogens with one attached hydrogen (secondary N) is 1. The van der Waals surface area contributed by atoms with Crippen LogP contribution < -0.4 is 11.1 Å². The first kappa shape index (κ1) is 20.8. The van der Waals surface area contributed by atoms with Crippen molar-refractivity contribution in [3.05, 3.63) is 65.1 Å². The summed E-state index contributed by atoms with van der Waals surface area (Å²) < 4.78 is 5.91.